The minimum Gasteiger partial charge on any atom is -0.492 e. The van der Waals surface area contributed by atoms with E-state index in [0.717, 1.165) is 34.6 Å². The minimum absolute atomic E-state index is 0.134. The quantitative estimate of drug-likeness (QED) is 0.522. The second kappa shape index (κ2) is 10.2. The van der Waals surface area contributed by atoms with E-state index >= 15 is 0 Å². The van der Waals surface area contributed by atoms with Crippen molar-refractivity contribution in [3.05, 3.63) is 78.4 Å². The second-order valence-electron chi connectivity index (χ2n) is 7.27. The zero-order chi connectivity index (χ0) is 22.3. The third-order valence-electron chi connectivity index (χ3n) is 4.89. The number of rotatable bonds is 9. The van der Waals surface area contributed by atoms with Gasteiger partial charge in [0, 0.05) is 31.3 Å². The van der Waals surface area contributed by atoms with Crippen molar-refractivity contribution in [3.8, 4) is 17.4 Å². The first-order chi connectivity index (χ1) is 15.6. The van der Waals surface area contributed by atoms with Crippen molar-refractivity contribution in [2.24, 2.45) is 0 Å². The molecule has 0 aliphatic carbocycles. The summed E-state index contributed by atoms with van der Waals surface area (Å²) in [7, 11) is 1.95. The highest BCUT2D eigenvalue weighted by molar-refractivity contribution is 8.26. The van der Waals surface area contributed by atoms with Gasteiger partial charge in [-0.3, -0.25) is 9.59 Å². The molecule has 0 radical (unpaired) electrons. The van der Waals surface area contributed by atoms with E-state index in [1.807, 2.05) is 84.7 Å². The summed E-state index contributed by atoms with van der Waals surface area (Å²) in [5.74, 6) is 2.81. The van der Waals surface area contributed by atoms with Crippen LogP contribution in [0.15, 0.2) is 72.8 Å². The van der Waals surface area contributed by atoms with Gasteiger partial charge in [0.1, 0.15) is 30.0 Å². The van der Waals surface area contributed by atoms with Crippen LogP contribution in [0.5, 0.6) is 17.4 Å². The summed E-state index contributed by atoms with van der Waals surface area (Å²) in [5, 5.41) is 2.25. The summed E-state index contributed by atoms with van der Waals surface area (Å²) >= 11 is 0.733. The zero-order valence-corrected chi connectivity index (χ0v) is 18.4. The standard InChI is InChI=1S/C24H23N3O4S/c1-27(21-8-5-9-22(26-21)31-19-6-3-2-4-7-19)14-15-30-18-12-10-17(11-13-18)16-20-23(28)32-24(29)25-20/h2-13,20H,14-16H2,1H3,(H,25,29). The van der Waals surface area contributed by atoms with Crippen LogP contribution in [-0.4, -0.2) is 41.6 Å². The molecule has 1 aromatic heterocycles. The fourth-order valence-electron chi connectivity index (χ4n) is 3.18. The van der Waals surface area contributed by atoms with Crippen LogP contribution in [0.25, 0.3) is 0 Å². The maximum Gasteiger partial charge on any atom is 0.287 e. The van der Waals surface area contributed by atoms with Gasteiger partial charge in [-0.05, 0) is 35.9 Å². The number of aromatic nitrogens is 1. The van der Waals surface area contributed by atoms with Gasteiger partial charge in [0.2, 0.25) is 11.0 Å². The van der Waals surface area contributed by atoms with Gasteiger partial charge >= 0.3 is 0 Å². The molecular formula is C24H23N3O4S. The maximum absolute atomic E-state index is 11.7. The third kappa shape index (κ3) is 5.79. The Morgan fingerprint density at radius 3 is 2.47 bits per heavy atom. The number of likely N-dealkylation sites (N-methyl/N-ethyl adjacent to an activating group) is 1. The highest BCUT2D eigenvalue weighted by atomic mass is 32.2. The molecule has 32 heavy (non-hydrogen) atoms. The lowest BCUT2D eigenvalue weighted by Crippen LogP contribution is -2.30. The molecule has 2 aromatic carbocycles. The number of carbonyl (C=O) groups excluding carboxylic acids is 2. The number of benzene rings is 2. The van der Waals surface area contributed by atoms with Crippen LogP contribution in [0.3, 0.4) is 0 Å². The van der Waals surface area contributed by atoms with E-state index in [4.69, 9.17) is 9.47 Å². The summed E-state index contributed by atoms with van der Waals surface area (Å²) in [5.41, 5.74) is 0.968. The largest absolute Gasteiger partial charge is 0.492 e. The molecule has 164 valence electrons. The van der Waals surface area contributed by atoms with Gasteiger partial charge in [-0.1, -0.05) is 36.4 Å². The van der Waals surface area contributed by atoms with Crippen molar-refractivity contribution in [1.82, 2.24) is 10.3 Å². The van der Waals surface area contributed by atoms with E-state index in [9.17, 15) is 9.59 Å². The summed E-state index contributed by atoms with van der Waals surface area (Å²) in [6, 6.07) is 22.3. The molecule has 4 rings (SSSR count). The van der Waals surface area contributed by atoms with Crippen molar-refractivity contribution in [1.29, 1.82) is 0 Å². The molecule has 1 unspecified atom stereocenters. The summed E-state index contributed by atoms with van der Waals surface area (Å²) in [4.78, 5) is 29.6. The monoisotopic (exact) mass is 449 g/mol. The number of anilines is 1. The Hall–Kier alpha value is -3.52. The molecule has 1 aliphatic rings. The van der Waals surface area contributed by atoms with E-state index in [2.05, 4.69) is 10.3 Å². The first-order valence-corrected chi connectivity index (χ1v) is 11.0. The molecule has 7 nitrogen and oxygen atoms in total. The van der Waals surface area contributed by atoms with Crippen molar-refractivity contribution >= 4 is 27.9 Å². The maximum atomic E-state index is 11.7. The fourth-order valence-corrected chi connectivity index (χ4v) is 3.85. The van der Waals surface area contributed by atoms with Crippen LogP contribution in [0.2, 0.25) is 0 Å². The van der Waals surface area contributed by atoms with Gasteiger partial charge < -0.3 is 19.7 Å². The van der Waals surface area contributed by atoms with Crippen molar-refractivity contribution in [3.63, 3.8) is 0 Å². The Labute approximate surface area is 190 Å². The Morgan fingerprint density at radius 2 is 1.75 bits per heavy atom. The number of amides is 1. The molecule has 1 atom stereocenters. The molecule has 0 saturated carbocycles. The number of hydrogen-bond acceptors (Lipinski definition) is 7. The van der Waals surface area contributed by atoms with E-state index in [1.165, 1.54) is 0 Å². The molecule has 1 aliphatic heterocycles. The average Bonchev–Trinajstić information content (AvgIpc) is 3.12. The molecule has 0 spiro atoms. The van der Waals surface area contributed by atoms with Crippen molar-refractivity contribution < 1.29 is 19.1 Å². The number of carbonyl (C=O) groups is 2. The van der Waals surface area contributed by atoms with Gasteiger partial charge in [-0.15, -0.1) is 0 Å². The van der Waals surface area contributed by atoms with E-state index in [0.29, 0.717) is 25.5 Å². The molecule has 0 bridgehead atoms. The van der Waals surface area contributed by atoms with Crippen LogP contribution in [0.4, 0.5) is 10.6 Å². The first-order valence-electron chi connectivity index (χ1n) is 10.2. The number of ether oxygens (including phenoxy) is 2. The van der Waals surface area contributed by atoms with E-state index in [1.54, 1.807) is 0 Å². The highest BCUT2D eigenvalue weighted by Crippen LogP contribution is 2.22. The minimum atomic E-state index is -0.456. The summed E-state index contributed by atoms with van der Waals surface area (Å²) in [6.45, 7) is 1.12. The van der Waals surface area contributed by atoms with Crippen molar-refractivity contribution in [2.75, 3.05) is 25.1 Å². The van der Waals surface area contributed by atoms with E-state index in [-0.39, 0.29) is 10.4 Å². The van der Waals surface area contributed by atoms with Crippen LogP contribution < -0.4 is 19.7 Å². The molecule has 3 aromatic rings. The third-order valence-corrected chi connectivity index (χ3v) is 5.68. The van der Waals surface area contributed by atoms with Crippen LogP contribution in [0, 0.1) is 0 Å². The van der Waals surface area contributed by atoms with Gasteiger partial charge in [-0.25, -0.2) is 0 Å². The van der Waals surface area contributed by atoms with E-state index < -0.39 is 6.04 Å². The topological polar surface area (TPSA) is 80.8 Å². The molecular weight excluding hydrogens is 426 g/mol. The lowest BCUT2D eigenvalue weighted by Gasteiger charge is -2.19. The van der Waals surface area contributed by atoms with Crippen LogP contribution >= 0.6 is 11.8 Å². The summed E-state index contributed by atoms with van der Waals surface area (Å²) < 4.78 is 11.6. The SMILES string of the molecule is CN(CCOc1ccc(CC2NC(=O)SC2=O)cc1)c1cccc(Oc2ccccc2)n1. The number of nitrogens with one attached hydrogen (secondary N) is 1. The molecule has 1 fully saturated rings. The molecule has 2 heterocycles. The number of para-hydroxylation sites is 1. The zero-order valence-electron chi connectivity index (χ0n) is 17.6. The highest BCUT2D eigenvalue weighted by Gasteiger charge is 2.31. The predicted molar refractivity (Wildman–Crippen MR) is 125 cm³/mol. The number of hydrogen-bond donors (Lipinski definition) is 1. The smallest absolute Gasteiger partial charge is 0.287 e. The van der Waals surface area contributed by atoms with Gasteiger partial charge in [0.25, 0.3) is 5.24 Å². The molecule has 1 saturated heterocycles. The summed E-state index contributed by atoms with van der Waals surface area (Å²) in [6.07, 6.45) is 0.480. The Kier molecular flexibility index (Phi) is 6.91. The first kappa shape index (κ1) is 21.7. The Bertz CT molecular complexity index is 1080. The fraction of sp³-hybridized carbons (Fsp3) is 0.208. The van der Waals surface area contributed by atoms with Crippen LogP contribution in [0.1, 0.15) is 5.56 Å². The number of pyridine rings is 1. The number of thioether (sulfide) groups is 1. The number of nitrogens with zero attached hydrogens (tertiary/aromatic N) is 2. The predicted octanol–water partition coefficient (Wildman–Crippen LogP) is 4.28. The lowest BCUT2D eigenvalue weighted by atomic mass is 10.1. The second-order valence-corrected chi connectivity index (χ2v) is 8.25. The van der Waals surface area contributed by atoms with Gasteiger partial charge in [0.15, 0.2) is 0 Å². The van der Waals surface area contributed by atoms with Gasteiger partial charge in [-0.2, -0.15) is 4.98 Å². The Morgan fingerprint density at radius 1 is 0.969 bits per heavy atom. The Balaban J connectivity index is 1.26. The van der Waals surface area contributed by atoms with Gasteiger partial charge in [0.05, 0.1) is 6.54 Å². The average molecular weight is 450 g/mol. The lowest BCUT2D eigenvalue weighted by molar-refractivity contribution is -0.112. The molecule has 8 heteroatoms. The van der Waals surface area contributed by atoms with Crippen molar-refractivity contribution in [2.45, 2.75) is 12.5 Å². The normalized spacial score (nSPS) is 15.3. The molecule has 1 amide bonds. The van der Waals surface area contributed by atoms with Crippen LogP contribution in [-0.2, 0) is 11.2 Å². The molecule has 1 N–H and O–H groups in total.